The highest BCUT2D eigenvalue weighted by atomic mass is 16.6. The molecule has 0 saturated heterocycles. The van der Waals surface area contributed by atoms with Gasteiger partial charge in [0.25, 0.3) is 0 Å². The van der Waals surface area contributed by atoms with E-state index in [2.05, 4.69) is 0 Å². The highest BCUT2D eigenvalue weighted by Gasteiger charge is 2.36. The molecule has 0 radical (unpaired) electrons. The maximum Gasteiger partial charge on any atom is 0.331 e. The number of benzene rings is 3. The zero-order chi connectivity index (χ0) is 26.0. The summed E-state index contributed by atoms with van der Waals surface area (Å²) in [6.45, 7) is 0. The minimum atomic E-state index is -1.01. The van der Waals surface area contributed by atoms with Crippen LogP contribution in [-0.2, 0) is 16.0 Å². The number of hydrogen-bond donors (Lipinski definition) is 5. The Labute approximate surface area is 205 Å². The van der Waals surface area contributed by atoms with Gasteiger partial charge in [0.05, 0.1) is 14.2 Å². The molecule has 0 aliphatic carbocycles. The molecule has 1 heterocycles. The van der Waals surface area contributed by atoms with Crippen molar-refractivity contribution >= 4 is 12.0 Å². The van der Waals surface area contributed by atoms with Gasteiger partial charge in [0.15, 0.2) is 29.1 Å². The lowest BCUT2D eigenvalue weighted by molar-refractivity contribution is -0.149. The number of rotatable bonds is 6. The molecule has 3 aromatic rings. The number of methoxy groups -OCH3 is 2. The van der Waals surface area contributed by atoms with Crippen LogP contribution in [-0.4, -0.2) is 51.8 Å². The molecule has 5 N–H and O–H groups in total. The van der Waals surface area contributed by atoms with Crippen molar-refractivity contribution in [2.75, 3.05) is 14.2 Å². The molecule has 2 atom stereocenters. The first kappa shape index (κ1) is 24.4. The van der Waals surface area contributed by atoms with Crippen LogP contribution < -0.4 is 14.2 Å². The molecule has 0 saturated carbocycles. The van der Waals surface area contributed by atoms with E-state index in [1.54, 1.807) is 6.07 Å². The van der Waals surface area contributed by atoms with E-state index in [1.165, 1.54) is 56.7 Å². The Hall–Kier alpha value is -4.73. The number of phenols is 5. The first-order valence-electron chi connectivity index (χ1n) is 10.8. The van der Waals surface area contributed by atoms with E-state index in [0.717, 1.165) is 6.07 Å². The van der Waals surface area contributed by atoms with Gasteiger partial charge in [-0.15, -0.1) is 0 Å². The lowest BCUT2D eigenvalue weighted by Gasteiger charge is -2.33. The van der Waals surface area contributed by atoms with Crippen molar-refractivity contribution < 1.29 is 49.3 Å². The fourth-order valence-electron chi connectivity index (χ4n) is 3.98. The lowest BCUT2D eigenvalue weighted by Crippen LogP contribution is -2.34. The summed E-state index contributed by atoms with van der Waals surface area (Å²) in [6.07, 6.45) is 0.682. The second-order valence-corrected chi connectivity index (χ2v) is 8.02. The average Bonchev–Trinajstić information content (AvgIpc) is 2.83. The summed E-state index contributed by atoms with van der Waals surface area (Å²) in [7, 11) is 2.69. The third-order valence-electron chi connectivity index (χ3n) is 5.65. The third-order valence-corrected chi connectivity index (χ3v) is 5.65. The number of carbonyl (C=O) groups excluding carboxylic acids is 1. The first-order valence-corrected chi connectivity index (χ1v) is 10.8. The van der Waals surface area contributed by atoms with Crippen molar-refractivity contribution in [1.82, 2.24) is 0 Å². The van der Waals surface area contributed by atoms with E-state index < -0.39 is 18.2 Å². The molecular formula is C26H24O10. The number of ether oxygens (including phenoxy) is 4. The zero-order valence-corrected chi connectivity index (χ0v) is 19.3. The highest BCUT2D eigenvalue weighted by molar-refractivity contribution is 5.87. The van der Waals surface area contributed by atoms with Gasteiger partial charge in [-0.05, 0) is 35.9 Å². The van der Waals surface area contributed by atoms with Gasteiger partial charge in [-0.25, -0.2) is 4.79 Å². The Bertz CT molecular complexity index is 1310. The van der Waals surface area contributed by atoms with Crippen LogP contribution in [0.2, 0.25) is 0 Å². The van der Waals surface area contributed by atoms with Crippen LogP contribution >= 0.6 is 0 Å². The van der Waals surface area contributed by atoms with Gasteiger partial charge in [0.2, 0.25) is 5.75 Å². The van der Waals surface area contributed by atoms with Crippen LogP contribution in [0.1, 0.15) is 22.8 Å². The number of esters is 1. The third kappa shape index (κ3) is 4.88. The quantitative estimate of drug-likeness (QED) is 0.253. The minimum Gasteiger partial charge on any atom is -0.508 e. The summed E-state index contributed by atoms with van der Waals surface area (Å²) >= 11 is 0. The number of hydrogen-bond acceptors (Lipinski definition) is 10. The van der Waals surface area contributed by atoms with Gasteiger partial charge in [-0.1, -0.05) is 6.07 Å². The molecule has 0 unspecified atom stereocenters. The predicted molar refractivity (Wildman–Crippen MR) is 127 cm³/mol. The van der Waals surface area contributed by atoms with Crippen LogP contribution in [0.4, 0.5) is 0 Å². The molecule has 10 nitrogen and oxygen atoms in total. The second-order valence-electron chi connectivity index (χ2n) is 8.02. The molecule has 1 aliphatic rings. The SMILES string of the molecule is COc1cc(/C=C/C(=O)O[C@@H]2Cc3c(O)cc(O)cc3O[C@@H]2c2cc(O)c(OC)c(O)c2)ccc1O. The number of fused-ring (bicyclic) bond motifs is 1. The largest absolute Gasteiger partial charge is 0.508 e. The fourth-order valence-corrected chi connectivity index (χ4v) is 3.98. The van der Waals surface area contributed by atoms with Crippen LogP contribution in [0, 0.1) is 0 Å². The predicted octanol–water partition coefficient (Wildman–Crippen LogP) is 3.53. The van der Waals surface area contributed by atoms with Gasteiger partial charge in [0.1, 0.15) is 23.4 Å². The van der Waals surface area contributed by atoms with Crippen molar-refractivity contribution in [1.29, 1.82) is 0 Å². The maximum atomic E-state index is 12.7. The molecule has 0 spiro atoms. The van der Waals surface area contributed by atoms with Gasteiger partial charge in [0, 0.05) is 35.8 Å². The van der Waals surface area contributed by atoms with Gasteiger partial charge < -0.3 is 44.5 Å². The van der Waals surface area contributed by atoms with E-state index in [1.807, 2.05) is 0 Å². The van der Waals surface area contributed by atoms with Crippen LogP contribution in [0.15, 0.2) is 48.5 Å². The highest BCUT2D eigenvalue weighted by Crippen LogP contribution is 2.45. The van der Waals surface area contributed by atoms with Crippen LogP contribution in [0.3, 0.4) is 0 Å². The van der Waals surface area contributed by atoms with E-state index in [4.69, 9.17) is 18.9 Å². The van der Waals surface area contributed by atoms with Crippen molar-refractivity contribution in [3.63, 3.8) is 0 Å². The molecule has 0 bridgehead atoms. The van der Waals surface area contributed by atoms with Crippen molar-refractivity contribution in [3.05, 3.63) is 65.2 Å². The normalized spacial score (nSPS) is 16.7. The Morgan fingerprint density at radius 3 is 2.31 bits per heavy atom. The molecule has 10 heteroatoms. The van der Waals surface area contributed by atoms with Gasteiger partial charge in [-0.3, -0.25) is 0 Å². The van der Waals surface area contributed by atoms with Crippen LogP contribution in [0.5, 0.6) is 46.0 Å². The Morgan fingerprint density at radius 1 is 0.917 bits per heavy atom. The van der Waals surface area contributed by atoms with E-state index in [0.29, 0.717) is 11.1 Å². The topological polar surface area (TPSA) is 155 Å². The fraction of sp³-hybridized carbons (Fsp3) is 0.192. The molecule has 3 aromatic carbocycles. The van der Waals surface area contributed by atoms with Crippen LogP contribution in [0.25, 0.3) is 6.08 Å². The summed E-state index contributed by atoms with van der Waals surface area (Å²) in [5.41, 5.74) is 1.15. The summed E-state index contributed by atoms with van der Waals surface area (Å²) in [5.74, 6) is -1.69. The summed E-state index contributed by atoms with van der Waals surface area (Å²) in [4.78, 5) is 12.7. The molecule has 0 fully saturated rings. The number of phenolic OH excluding ortho intramolecular Hbond substituents is 5. The Kier molecular flexibility index (Phi) is 6.69. The summed E-state index contributed by atoms with van der Waals surface area (Å²) in [6, 6.07) is 9.60. The summed E-state index contributed by atoms with van der Waals surface area (Å²) < 4.78 is 21.6. The van der Waals surface area contributed by atoms with Gasteiger partial charge >= 0.3 is 5.97 Å². The second kappa shape index (κ2) is 9.87. The zero-order valence-electron chi connectivity index (χ0n) is 19.3. The van der Waals surface area contributed by atoms with E-state index in [9.17, 15) is 30.3 Å². The first-order chi connectivity index (χ1) is 17.2. The molecule has 1 aliphatic heterocycles. The van der Waals surface area contributed by atoms with Crippen molar-refractivity contribution in [3.8, 4) is 46.0 Å². The monoisotopic (exact) mass is 496 g/mol. The maximum absolute atomic E-state index is 12.7. The Morgan fingerprint density at radius 2 is 1.64 bits per heavy atom. The van der Waals surface area contributed by atoms with Crippen molar-refractivity contribution in [2.24, 2.45) is 0 Å². The number of carbonyl (C=O) groups is 1. The molecular weight excluding hydrogens is 472 g/mol. The molecule has 0 amide bonds. The Balaban J connectivity index is 1.64. The standard InChI is InChI=1S/C26H24O10/c1-33-22-7-13(3-5-17(22)28)4-6-24(32)35-23-12-16-18(29)10-15(27)11-21(16)36-25(23)14-8-19(30)26(34-2)20(31)9-14/h3-11,23,25,27-31H,12H2,1-2H3/b6-4+/t23-,25-/m1/s1. The molecule has 36 heavy (non-hydrogen) atoms. The van der Waals surface area contributed by atoms with E-state index in [-0.39, 0.29) is 58.0 Å². The average molecular weight is 496 g/mol. The summed E-state index contributed by atoms with van der Waals surface area (Å²) in [5, 5.41) is 50.4. The van der Waals surface area contributed by atoms with E-state index >= 15 is 0 Å². The molecule has 4 rings (SSSR count). The lowest BCUT2D eigenvalue weighted by atomic mass is 9.93. The molecule has 188 valence electrons. The van der Waals surface area contributed by atoms with Gasteiger partial charge in [-0.2, -0.15) is 0 Å². The minimum absolute atomic E-state index is 0.0201. The van der Waals surface area contributed by atoms with Crippen molar-refractivity contribution in [2.45, 2.75) is 18.6 Å². The smallest absolute Gasteiger partial charge is 0.331 e. The molecule has 0 aromatic heterocycles. The number of aromatic hydroxyl groups is 5.